The van der Waals surface area contributed by atoms with Gasteiger partial charge < -0.3 is 19.5 Å². The maximum absolute atomic E-state index is 12.2. The second kappa shape index (κ2) is 7.81. The Hall–Kier alpha value is -1.85. The molecule has 1 aliphatic heterocycles. The second-order valence-electron chi connectivity index (χ2n) is 4.76. The zero-order chi connectivity index (χ0) is 15.1. The first-order valence-corrected chi connectivity index (χ1v) is 7.16. The van der Waals surface area contributed by atoms with Crippen molar-refractivity contribution in [3.05, 3.63) is 35.9 Å². The summed E-state index contributed by atoms with van der Waals surface area (Å²) in [5, 5.41) is 9.10. The minimum absolute atomic E-state index is 0.0688. The van der Waals surface area contributed by atoms with Crippen LogP contribution in [-0.2, 0) is 9.53 Å². The Morgan fingerprint density at radius 2 is 2.33 bits per heavy atom. The second-order valence-corrected chi connectivity index (χ2v) is 4.76. The molecule has 1 unspecified atom stereocenters. The average Bonchev–Trinajstić information content (AvgIpc) is 2.54. The van der Waals surface area contributed by atoms with Crippen molar-refractivity contribution in [1.82, 2.24) is 4.90 Å². The Labute approximate surface area is 124 Å². The van der Waals surface area contributed by atoms with Gasteiger partial charge in [-0.3, -0.25) is 4.79 Å². The van der Waals surface area contributed by atoms with Crippen molar-refractivity contribution in [2.75, 3.05) is 32.9 Å². The molecule has 1 aromatic carbocycles. The quantitative estimate of drug-likeness (QED) is 0.831. The summed E-state index contributed by atoms with van der Waals surface area (Å²) in [6.45, 7) is 3.87. The molecule has 5 nitrogen and oxygen atoms in total. The molecular formula is C16H21NO4. The number of para-hydroxylation sites is 1. The highest BCUT2D eigenvalue weighted by Gasteiger charge is 2.22. The van der Waals surface area contributed by atoms with E-state index < -0.39 is 0 Å². The van der Waals surface area contributed by atoms with E-state index in [9.17, 15) is 4.79 Å². The molecule has 21 heavy (non-hydrogen) atoms. The van der Waals surface area contributed by atoms with Gasteiger partial charge in [0.05, 0.1) is 25.9 Å². The molecule has 0 bridgehead atoms. The van der Waals surface area contributed by atoms with Crippen LogP contribution in [-0.4, -0.2) is 54.9 Å². The molecule has 1 fully saturated rings. The largest absolute Gasteiger partial charge is 0.493 e. The molecule has 0 aliphatic carbocycles. The van der Waals surface area contributed by atoms with Crippen LogP contribution in [0.4, 0.5) is 0 Å². The minimum Gasteiger partial charge on any atom is -0.493 e. The number of benzene rings is 1. The van der Waals surface area contributed by atoms with Crippen LogP contribution < -0.4 is 4.74 Å². The third-order valence-electron chi connectivity index (χ3n) is 3.28. The van der Waals surface area contributed by atoms with Gasteiger partial charge in [0.25, 0.3) is 0 Å². The number of rotatable bonds is 5. The molecule has 0 aromatic heterocycles. The van der Waals surface area contributed by atoms with Crippen molar-refractivity contribution in [2.24, 2.45) is 0 Å². The molecule has 1 saturated heterocycles. The first kappa shape index (κ1) is 15.5. The van der Waals surface area contributed by atoms with Gasteiger partial charge in [-0.05, 0) is 19.1 Å². The van der Waals surface area contributed by atoms with Crippen LogP contribution in [0.3, 0.4) is 0 Å². The average molecular weight is 291 g/mol. The summed E-state index contributed by atoms with van der Waals surface area (Å²) in [7, 11) is 0. The highest BCUT2D eigenvalue weighted by Crippen LogP contribution is 2.19. The first-order valence-electron chi connectivity index (χ1n) is 7.16. The maximum atomic E-state index is 12.2. The Balaban J connectivity index is 2.01. The van der Waals surface area contributed by atoms with E-state index in [1.54, 1.807) is 11.0 Å². The molecular weight excluding hydrogens is 270 g/mol. The lowest BCUT2D eigenvalue weighted by atomic mass is 10.2. The molecule has 0 spiro atoms. The Morgan fingerprint density at radius 3 is 3.10 bits per heavy atom. The summed E-state index contributed by atoms with van der Waals surface area (Å²) in [5.41, 5.74) is 0.875. The number of hydrogen-bond acceptors (Lipinski definition) is 4. The van der Waals surface area contributed by atoms with Crippen molar-refractivity contribution in [3.8, 4) is 5.75 Å². The molecule has 1 heterocycles. The number of amides is 1. The summed E-state index contributed by atoms with van der Waals surface area (Å²) in [6, 6.07) is 7.59. The van der Waals surface area contributed by atoms with E-state index in [0.717, 1.165) is 11.3 Å². The third-order valence-corrected chi connectivity index (χ3v) is 3.28. The Morgan fingerprint density at radius 1 is 1.52 bits per heavy atom. The van der Waals surface area contributed by atoms with Gasteiger partial charge in [0.15, 0.2) is 0 Å². The fourth-order valence-corrected chi connectivity index (χ4v) is 2.20. The number of ether oxygens (including phenoxy) is 2. The van der Waals surface area contributed by atoms with Gasteiger partial charge in [-0.15, -0.1) is 0 Å². The third kappa shape index (κ3) is 4.31. The zero-order valence-corrected chi connectivity index (χ0v) is 12.2. The van der Waals surface area contributed by atoms with Gasteiger partial charge in [0.2, 0.25) is 5.91 Å². The van der Waals surface area contributed by atoms with Gasteiger partial charge in [0, 0.05) is 24.7 Å². The van der Waals surface area contributed by atoms with Gasteiger partial charge in [-0.2, -0.15) is 0 Å². The maximum Gasteiger partial charge on any atom is 0.246 e. The Kier molecular flexibility index (Phi) is 5.78. The molecule has 1 aliphatic rings. The standard InChI is InChI=1S/C16H21NO4/c1-2-20-15-6-4-3-5-13(15)7-8-16(19)17-9-10-21-14(11-17)12-18/h3-8,14,18H,2,9-12H2,1H3/b8-7+. The number of carbonyl (C=O) groups is 1. The molecule has 1 aromatic rings. The van der Waals surface area contributed by atoms with Gasteiger partial charge in [-0.1, -0.05) is 18.2 Å². The van der Waals surface area contributed by atoms with Crippen molar-refractivity contribution in [3.63, 3.8) is 0 Å². The monoisotopic (exact) mass is 291 g/mol. The normalized spacial score (nSPS) is 19.0. The molecule has 1 amide bonds. The van der Waals surface area contributed by atoms with Crippen molar-refractivity contribution < 1.29 is 19.4 Å². The smallest absolute Gasteiger partial charge is 0.246 e. The minimum atomic E-state index is -0.285. The lowest BCUT2D eigenvalue weighted by Crippen LogP contribution is -2.46. The van der Waals surface area contributed by atoms with E-state index in [4.69, 9.17) is 14.6 Å². The van der Waals surface area contributed by atoms with E-state index in [-0.39, 0.29) is 18.6 Å². The van der Waals surface area contributed by atoms with Crippen LogP contribution in [0.2, 0.25) is 0 Å². The summed E-state index contributed by atoms with van der Waals surface area (Å²) >= 11 is 0. The van der Waals surface area contributed by atoms with Gasteiger partial charge in [0.1, 0.15) is 5.75 Å². The summed E-state index contributed by atoms with van der Waals surface area (Å²) in [6.07, 6.45) is 3.01. The summed E-state index contributed by atoms with van der Waals surface area (Å²) < 4.78 is 10.9. The van der Waals surface area contributed by atoms with Crippen molar-refractivity contribution in [1.29, 1.82) is 0 Å². The zero-order valence-electron chi connectivity index (χ0n) is 12.2. The van der Waals surface area contributed by atoms with Gasteiger partial charge >= 0.3 is 0 Å². The van der Waals surface area contributed by atoms with Crippen LogP contribution in [0.15, 0.2) is 30.3 Å². The Bertz CT molecular complexity index is 501. The van der Waals surface area contributed by atoms with Gasteiger partial charge in [-0.25, -0.2) is 0 Å². The van der Waals surface area contributed by atoms with E-state index in [1.165, 1.54) is 6.08 Å². The molecule has 2 rings (SSSR count). The molecule has 1 N–H and O–H groups in total. The topological polar surface area (TPSA) is 59.0 Å². The highest BCUT2D eigenvalue weighted by atomic mass is 16.5. The number of aliphatic hydroxyl groups is 1. The molecule has 1 atom stereocenters. The van der Waals surface area contributed by atoms with Crippen LogP contribution in [0.25, 0.3) is 6.08 Å². The molecule has 0 saturated carbocycles. The summed E-state index contributed by atoms with van der Waals surface area (Å²) in [5.74, 6) is 0.683. The van der Waals surface area contributed by atoms with Crippen LogP contribution in [0.1, 0.15) is 12.5 Å². The van der Waals surface area contributed by atoms with E-state index in [2.05, 4.69) is 0 Å². The number of morpholine rings is 1. The first-order chi connectivity index (χ1) is 10.2. The number of hydrogen-bond donors (Lipinski definition) is 1. The fourth-order valence-electron chi connectivity index (χ4n) is 2.20. The lowest BCUT2D eigenvalue weighted by Gasteiger charge is -2.31. The lowest BCUT2D eigenvalue weighted by molar-refractivity contribution is -0.134. The molecule has 114 valence electrons. The van der Waals surface area contributed by atoms with Crippen LogP contribution >= 0.6 is 0 Å². The number of aliphatic hydroxyl groups excluding tert-OH is 1. The predicted molar refractivity (Wildman–Crippen MR) is 80.1 cm³/mol. The highest BCUT2D eigenvalue weighted by molar-refractivity contribution is 5.92. The van der Waals surface area contributed by atoms with E-state index in [0.29, 0.717) is 26.3 Å². The number of nitrogens with zero attached hydrogens (tertiary/aromatic N) is 1. The summed E-state index contributed by atoms with van der Waals surface area (Å²) in [4.78, 5) is 13.8. The van der Waals surface area contributed by atoms with Crippen molar-refractivity contribution in [2.45, 2.75) is 13.0 Å². The van der Waals surface area contributed by atoms with E-state index in [1.807, 2.05) is 31.2 Å². The van der Waals surface area contributed by atoms with E-state index >= 15 is 0 Å². The SMILES string of the molecule is CCOc1ccccc1/C=C/C(=O)N1CCOC(CO)C1. The number of carbonyl (C=O) groups excluding carboxylic acids is 1. The molecule has 5 heteroatoms. The van der Waals surface area contributed by atoms with Crippen LogP contribution in [0, 0.1) is 0 Å². The van der Waals surface area contributed by atoms with Crippen molar-refractivity contribution >= 4 is 12.0 Å². The fraction of sp³-hybridized carbons (Fsp3) is 0.438. The molecule has 0 radical (unpaired) electrons. The van der Waals surface area contributed by atoms with Crippen LogP contribution in [0.5, 0.6) is 5.75 Å². The predicted octanol–water partition coefficient (Wildman–Crippen LogP) is 1.32.